The van der Waals surface area contributed by atoms with Crippen molar-refractivity contribution in [2.45, 2.75) is 13.0 Å². The van der Waals surface area contributed by atoms with E-state index in [2.05, 4.69) is 15.7 Å². The quantitative estimate of drug-likeness (QED) is 0.671. The number of hydrogen-bond acceptors (Lipinski definition) is 5. The van der Waals surface area contributed by atoms with Crippen LogP contribution in [0.15, 0.2) is 54.6 Å². The Labute approximate surface area is 167 Å². The number of carbonyl (C=O) groups excluding carboxylic acids is 2. The lowest BCUT2D eigenvalue weighted by molar-refractivity contribution is -0.115. The van der Waals surface area contributed by atoms with Gasteiger partial charge < -0.3 is 20.1 Å². The van der Waals surface area contributed by atoms with Crippen LogP contribution < -0.4 is 20.1 Å². The van der Waals surface area contributed by atoms with Crippen LogP contribution in [0.3, 0.4) is 0 Å². The van der Waals surface area contributed by atoms with Crippen molar-refractivity contribution in [3.05, 3.63) is 71.4 Å². The fraction of sp³-hybridized carbons (Fsp3) is 0.190. The zero-order chi connectivity index (χ0) is 20.2. The summed E-state index contributed by atoms with van der Waals surface area (Å²) >= 11 is 0. The topological polar surface area (TPSA) is 94.5 Å². The predicted octanol–water partition coefficient (Wildman–Crippen LogP) is 2.26. The minimum absolute atomic E-state index is 0.175. The first-order valence-corrected chi connectivity index (χ1v) is 9.13. The van der Waals surface area contributed by atoms with Crippen molar-refractivity contribution < 1.29 is 19.1 Å². The van der Waals surface area contributed by atoms with Gasteiger partial charge in [0, 0.05) is 19.7 Å². The molecule has 2 aromatic carbocycles. The highest BCUT2D eigenvalue weighted by atomic mass is 16.7. The van der Waals surface area contributed by atoms with Gasteiger partial charge in [0.15, 0.2) is 17.2 Å². The van der Waals surface area contributed by atoms with Crippen LogP contribution in [0.4, 0.5) is 5.82 Å². The van der Waals surface area contributed by atoms with Gasteiger partial charge in [0.1, 0.15) is 5.82 Å². The van der Waals surface area contributed by atoms with Gasteiger partial charge >= 0.3 is 0 Å². The second-order valence-electron chi connectivity index (χ2n) is 6.62. The third-order valence-corrected chi connectivity index (χ3v) is 4.48. The van der Waals surface area contributed by atoms with Gasteiger partial charge in [0.05, 0.1) is 6.42 Å². The van der Waals surface area contributed by atoms with Gasteiger partial charge in [-0.15, -0.1) is 0 Å². The number of aryl methyl sites for hydroxylation is 1. The van der Waals surface area contributed by atoms with E-state index in [0.717, 1.165) is 11.1 Å². The number of ether oxygens (including phenoxy) is 2. The Balaban J connectivity index is 1.35. The normalized spacial score (nSPS) is 11.9. The molecule has 2 amide bonds. The van der Waals surface area contributed by atoms with Crippen molar-refractivity contribution in [2.75, 3.05) is 12.1 Å². The van der Waals surface area contributed by atoms with Crippen molar-refractivity contribution in [3.63, 3.8) is 0 Å². The molecule has 0 bridgehead atoms. The smallest absolute Gasteiger partial charge is 0.272 e. The van der Waals surface area contributed by atoms with Gasteiger partial charge in [-0.2, -0.15) is 5.10 Å². The average Bonchev–Trinajstić information content (AvgIpc) is 3.33. The molecule has 2 N–H and O–H groups in total. The molecule has 0 aliphatic carbocycles. The van der Waals surface area contributed by atoms with E-state index in [1.54, 1.807) is 13.1 Å². The molecule has 29 heavy (non-hydrogen) atoms. The summed E-state index contributed by atoms with van der Waals surface area (Å²) in [4.78, 5) is 24.7. The van der Waals surface area contributed by atoms with Crippen molar-refractivity contribution >= 4 is 17.6 Å². The Morgan fingerprint density at radius 3 is 2.66 bits per heavy atom. The fourth-order valence-electron chi connectivity index (χ4n) is 2.99. The van der Waals surface area contributed by atoms with E-state index < -0.39 is 0 Å². The number of nitrogens with one attached hydrogen (secondary N) is 2. The number of carbonyl (C=O) groups is 2. The molecule has 8 nitrogen and oxygen atoms in total. The molecule has 1 aliphatic rings. The van der Waals surface area contributed by atoms with Crippen LogP contribution in [0.25, 0.3) is 0 Å². The predicted molar refractivity (Wildman–Crippen MR) is 106 cm³/mol. The molecule has 2 heterocycles. The summed E-state index contributed by atoms with van der Waals surface area (Å²) in [6.07, 6.45) is 0.248. The van der Waals surface area contributed by atoms with Crippen LogP contribution in [0.2, 0.25) is 0 Å². The summed E-state index contributed by atoms with van der Waals surface area (Å²) in [6.45, 7) is 0.527. The molecule has 0 radical (unpaired) electrons. The fourth-order valence-corrected chi connectivity index (χ4v) is 2.99. The molecule has 0 saturated carbocycles. The van der Waals surface area contributed by atoms with Crippen LogP contribution >= 0.6 is 0 Å². The molecule has 3 aromatic rings. The number of hydrogen-bond donors (Lipinski definition) is 2. The van der Waals surface area contributed by atoms with E-state index >= 15 is 0 Å². The van der Waals surface area contributed by atoms with Gasteiger partial charge in [-0.1, -0.05) is 36.4 Å². The largest absolute Gasteiger partial charge is 0.454 e. The maximum atomic E-state index is 12.4. The standard InChI is InChI=1S/C21H20N4O4/c1-25-19(23-20(26)10-14-5-3-2-4-6-14)11-16(24-25)21(27)22-12-15-7-8-17-18(9-15)29-13-28-17/h2-9,11H,10,12-13H2,1H3,(H,22,27)(H,23,26). The van der Waals surface area contributed by atoms with Gasteiger partial charge in [-0.3, -0.25) is 14.3 Å². The first-order valence-electron chi connectivity index (χ1n) is 9.13. The zero-order valence-corrected chi connectivity index (χ0v) is 15.8. The van der Waals surface area contributed by atoms with Gasteiger partial charge in [-0.25, -0.2) is 0 Å². The van der Waals surface area contributed by atoms with Crippen molar-refractivity contribution in [3.8, 4) is 11.5 Å². The summed E-state index contributed by atoms with van der Waals surface area (Å²) in [5.74, 6) is 1.31. The molecular formula is C21H20N4O4. The number of aromatic nitrogens is 2. The number of fused-ring (bicyclic) bond motifs is 1. The molecule has 0 spiro atoms. The van der Waals surface area contributed by atoms with Gasteiger partial charge in [0.2, 0.25) is 12.7 Å². The van der Waals surface area contributed by atoms with E-state index in [-0.39, 0.29) is 30.7 Å². The van der Waals surface area contributed by atoms with Crippen LogP contribution in [0, 0.1) is 0 Å². The highest BCUT2D eigenvalue weighted by Crippen LogP contribution is 2.32. The number of anilines is 1. The van der Waals surface area contributed by atoms with Crippen molar-refractivity contribution in [2.24, 2.45) is 7.05 Å². The Bertz CT molecular complexity index is 1050. The van der Waals surface area contributed by atoms with Crippen molar-refractivity contribution in [1.82, 2.24) is 15.1 Å². The Kier molecular flexibility index (Phi) is 5.15. The number of amides is 2. The third kappa shape index (κ3) is 4.37. The molecule has 1 aliphatic heterocycles. The molecule has 8 heteroatoms. The Hall–Kier alpha value is -3.81. The SMILES string of the molecule is Cn1nc(C(=O)NCc2ccc3c(c2)OCO3)cc1NC(=O)Cc1ccccc1. The molecule has 0 unspecified atom stereocenters. The molecule has 1 aromatic heterocycles. The van der Waals surface area contributed by atoms with Gasteiger partial charge in [0.25, 0.3) is 5.91 Å². The van der Waals surface area contributed by atoms with E-state index in [1.807, 2.05) is 48.5 Å². The lowest BCUT2D eigenvalue weighted by Crippen LogP contribution is -2.23. The molecule has 0 saturated heterocycles. The summed E-state index contributed by atoms with van der Waals surface area (Å²) in [6, 6.07) is 16.5. The summed E-state index contributed by atoms with van der Waals surface area (Å²) in [5.41, 5.74) is 2.02. The monoisotopic (exact) mass is 392 g/mol. The van der Waals surface area contributed by atoms with Gasteiger partial charge in [-0.05, 0) is 23.3 Å². The highest BCUT2D eigenvalue weighted by molar-refractivity contribution is 5.95. The van der Waals surface area contributed by atoms with Crippen LogP contribution in [-0.4, -0.2) is 28.4 Å². The zero-order valence-electron chi connectivity index (χ0n) is 15.8. The molecule has 0 atom stereocenters. The summed E-state index contributed by atoms with van der Waals surface area (Å²) < 4.78 is 12.1. The first-order chi connectivity index (χ1) is 14.1. The number of benzene rings is 2. The summed E-state index contributed by atoms with van der Waals surface area (Å²) in [7, 11) is 1.67. The maximum absolute atomic E-state index is 12.4. The van der Waals surface area contributed by atoms with E-state index in [9.17, 15) is 9.59 Å². The lowest BCUT2D eigenvalue weighted by atomic mass is 10.1. The Morgan fingerprint density at radius 1 is 1.03 bits per heavy atom. The molecule has 0 fully saturated rings. The molecule has 148 valence electrons. The molecular weight excluding hydrogens is 372 g/mol. The molecule has 4 rings (SSSR count). The van der Waals surface area contributed by atoms with Crippen molar-refractivity contribution in [1.29, 1.82) is 0 Å². The van der Waals surface area contributed by atoms with E-state index in [0.29, 0.717) is 23.9 Å². The summed E-state index contributed by atoms with van der Waals surface area (Å²) in [5, 5.41) is 9.79. The maximum Gasteiger partial charge on any atom is 0.272 e. The second-order valence-corrected chi connectivity index (χ2v) is 6.62. The highest BCUT2D eigenvalue weighted by Gasteiger charge is 2.16. The first kappa shape index (κ1) is 18.5. The minimum atomic E-state index is -0.332. The Morgan fingerprint density at radius 2 is 1.83 bits per heavy atom. The second kappa shape index (κ2) is 8.05. The number of rotatable bonds is 6. The third-order valence-electron chi connectivity index (χ3n) is 4.48. The van der Waals surface area contributed by atoms with E-state index in [1.165, 1.54) is 4.68 Å². The lowest BCUT2D eigenvalue weighted by Gasteiger charge is -2.04. The van der Waals surface area contributed by atoms with Crippen LogP contribution in [-0.2, 0) is 24.8 Å². The minimum Gasteiger partial charge on any atom is -0.454 e. The number of nitrogens with zero attached hydrogens (tertiary/aromatic N) is 2. The van der Waals surface area contributed by atoms with Crippen LogP contribution in [0.5, 0.6) is 11.5 Å². The van der Waals surface area contributed by atoms with E-state index in [4.69, 9.17) is 9.47 Å². The average molecular weight is 392 g/mol. The van der Waals surface area contributed by atoms with Crippen LogP contribution in [0.1, 0.15) is 21.6 Å².